The van der Waals surface area contributed by atoms with Gasteiger partial charge in [0, 0.05) is 0 Å². The molecule has 0 aromatic heterocycles. The van der Waals surface area contributed by atoms with Gasteiger partial charge in [-0.1, -0.05) is 72.8 Å². The van der Waals surface area contributed by atoms with Crippen LogP contribution in [0.1, 0.15) is 24.0 Å². The van der Waals surface area contributed by atoms with E-state index in [9.17, 15) is 9.59 Å². The van der Waals surface area contributed by atoms with Gasteiger partial charge in [0.2, 0.25) is 0 Å². The predicted molar refractivity (Wildman–Crippen MR) is 97.8 cm³/mol. The minimum Gasteiger partial charge on any atom is -0.461 e. The molecule has 4 heteroatoms. The number of hydrogen-bond acceptors (Lipinski definition) is 4. The zero-order chi connectivity index (χ0) is 18.2. The van der Waals surface area contributed by atoms with E-state index in [2.05, 4.69) is 0 Å². The summed E-state index contributed by atoms with van der Waals surface area (Å²) in [5, 5.41) is 0. The zero-order valence-electron chi connectivity index (χ0n) is 14.5. The Labute approximate surface area is 153 Å². The van der Waals surface area contributed by atoms with E-state index in [1.807, 2.05) is 72.8 Å². The maximum absolute atomic E-state index is 12.5. The van der Waals surface area contributed by atoms with E-state index in [-0.39, 0.29) is 25.2 Å². The monoisotopic (exact) mass is 350 g/mol. The molecule has 0 radical (unpaired) electrons. The van der Waals surface area contributed by atoms with Crippen LogP contribution < -0.4 is 0 Å². The van der Waals surface area contributed by atoms with Gasteiger partial charge < -0.3 is 9.47 Å². The molecule has 0 unspecified atom stereocenters. The van der Waals surface area contributed by atoms with E-state index in [0.717, 1.165) is 11.1 Å². The van der Waals surface area contributed by atoms with Crippen molar-refractivity contribution < 1.29 is 19.1 Å². The highest BCUT2D eigenvalue weighted by Gasteiger charge is 2.36. The van der Waals surface area contributed by atoms with E-state index in [4.69, 9.17) is 9.47 Å². The molecule has 4 nitrogen and oxygen atoms in total. The predicted octanol–water partition coefficient (Wildman–Crippen LogP) is 4.06. The van der Waals surface area contributed by atoms with Crippen LogP contribution >= 0.6 is 0 Å². The van der Waals surface area contributed by atoms with Crippen LogP contribution in [0.15, 0.2) is 72.8 Å². The number of rotatable bonds is 6. The molecule has 2 aromatic rings. The van der Waals surface area contributed by atoms with Crippen LogP contribution in [0.2, 0.25) is 0 Å². The Morgan fingerprint density at radius 3 is 1.46 bits per heavy atom. The number of hydrogen-bond donors (Lipinski definition) is 0. The minimum atomic E-state index is -0.494. The van der Waals surface area contributed by atoms with Gasteiger partial charge in [-0.25, -0.2) is 0 Å². The number of esters is 2. The van der Waals surface area contributed by atoms with E-state index in [1.165, 1.54) is 0 Å². The van der Waals surface area contributed by atoms with Gasteiger partial charge in [0.05, 0.1) is 11.8 Å². The molecule has 0 amide bonds. The summed E-state index contributed by atoms with van der Waals surface area (Å²) in [7, 11) is 0. The lowest BCUT2D eigenvalue weighted by Gasteiger charge is -2.25. The Bertz CT molecular complexity index is 687. The largest absolute Gasteiger partial charge is 0.461 e. The molecule has 0 bridgehead atoms. The van der Waals surface area contributed by atoms with E-state index in [0.29, 0.717) is 12.8 Å². The van der Waals surface area contributed by atoms with Gasteiger partial charge in [0.15, 0.2) is 0 Å². The van der Waals surface area contributed by atoms with Gasteiger partial charge in [-0.15, -0.1) is 0 Å². The maximum atomic E-state index is 12.5. The normalized spacial score (nSPS) is 18.9. The molecule has 0 saturated heterocycles. The molecular weight excluding hydrogens is 328 g/mol. The Hall–Kier alpha value is -2.88. The van der Waals surface area contributed by atoms with Crippen LogP contribution in [0, 0.1) is 11.8 Å². The number of allylic oxidation sites excluding steroid dienone is 2. The zero-order valence-corrected chi connectivity index (χ0v) is 14.5. The Morgan fingerprint density at radius 1 is 0.692 bits per heavy atom. The lowest BCUT2D eigenvalue weighted by Crippen LogP contribution is -2.33. The summed E-state index contributed by atoms with van der Waals surface area (Å²) < 4.78 is 10.9. The highest BCUT2D eigenvalue weighted by atomic mass is 16.5. The molecule has 3 rings (SSSR count). The van der Waals surface area contributed by atoms with Crippen molar-refractivity contribution in [2.75, 3.05) is 0 Å². The van der Waals surface area contributed by atoms with E-state index in [1.54, 1.807) is 0 Å². The molecule has 0 heterocycles. The highest BCUT2D eigenvalue weighted by Crippen LogP contribution is 2.28. The number of ether oxygens (including phenoxy) is 2. The van der Waals surface area contributed by atoms with Gasteiger partial charge in [-0.2, -0.15) is 0 Å². The van der Waals surface area contributed by atoms with Crippen molar-refractivity contribution in [1.29, 1.82) is 0 Å². The van der Waals surface area contributed by atoms with Crippen molar-refractivity contribution in [3.8, 4) is 0 Å². The maximum Gasteiger partial charge on any atom is 0.310 e. The van der Waals surface area contributed by atoms with Crippen LogP contribution in [-0.4, -0.2) is 11.9 Å². The van der Waals surface area contributed by atoms with Crippen LogP contribution in [0.3, 0.4) is 0 Å². The molecular formula is C22H22O4. The molecule has 2 atom stereocenters. The molecule has 26 heavy (non-hydrogen) atoms. The summed E-state index contributed by atoms with van der Waals surface area (Å²) in [6, 6.07) is 19.0. The second kappa shape index (κ2) is 8.99. The Kier molecular flexibility index (Phi) is 6.20. The third kappa shape index (κ3) is 4.82. The first kappa shape index (κ1) is 17.9. The highest BCUT2D eigenvalue weighted by molar-refractivity contribution is 5.82. The molecule has 1 aliphatic rings. The SMILES string of the molecule is O=C(OCc1ccccc1)[C@@H]1CC=CC[C@H]1C(=O)OCc1ccccc1. The molecule has 0 fully saturated rings. The second-order valence-corrected chi connectivity index (χ2v) is 6.34. The topological polar surface area (TPSA) is 52.6 Å². The lowest BCUT2D eigenvalue weighted by atomic mass is 9.83. The van der Waals surface area contributed by atoms with Crippen LogP contribution in [0.5, 0.6) is 0 Å². The molecule has 2 aromatic carbocycles. The van der Waals surface area contributed by atoms with Gasteiger partial charge in [0.25, 0.3) is 0 Å². The third-order valence-electron chi connectivity index (χ3n) is 4.49. The van der Waals surface area contributed by atoms with E-state index >= 15 is 0 Å². The van der Waals surface area contributed by atoms with Crippen molar-refractivity contribution >= 4 is 11.9 Å². The minimum absolute atomic E-state index is 0.214. The average molecular weight is 350 g/mol. The standard InChI is InChI=1S/C22H22O4/c23-21(25-15-17-9-3-1-4-10-17)19-13-7-8-14-20(19)22(24)26-16-18-11-5-2-6-12-18/h1-12,19-20H,13-16H2/t19-,20-/m1/s1. The first-order valence-electron chi connectivity index (χ1n) is 8.80. The van der Waals surface area contributed by atoms with Crippen molar-refractivity contribution in [1.82, 2.24) is 0 Å². The van der Waals surface area contributed by atoms with Gasteiger partial charge in [0.1, 0.15) is 13.2 Å². The number of carbonyl (C=O) groups excluding carboxylic acids is 2. The third-order valence-corrected chi connectivity index (χ3v) is 4.49. The van der Waals surface area contributed by atoms with E-state index < -0.39 is 11.8 Å². The van der Waals surface area contributed by atoms with Gasteiger partial charge in [-0.05, 0) is 24.0 Å². The smallest absolute Gasteiger partial charge is 0.310 e. The average Bonchev–Trinajstić information content (AvgIpc) is 2.72. The van der Waals surface area contributed by atoms with Crippen molar-refractivity contribution in [3.05, 3.63) is 83.9 Å². The first-order valence-corrected chi connectivity index (χ1v) is 8.80. The summed E-state index contributed by atoms with van der Waals surface area (Å²) >= 11 is 0. The summed E-state index contributed by atoms with van der Waals surface area (Å²) in [5.74, 6) is -1.68. The van der Waals surface area contributed by atoms with Crippen LogP contribution in [0.25, 0.3) is 0 Å². The molecule has 0 spiro atoms. The Balaban J connectivity index is 1.57. The number of carbonyl (C=O) groups is 2. The van der Waals surface area contributed by atoms with Crippen molar-refractivity contribution in [2.24, 2.45) is 11.8 Å². The second-order valence-electron chi connectivity index (χ2n) is 6.34. The summed E-state index contributed by atoms with van der Waals surface area (Å²) in [4.78, 5) is 25.0. The van der Waals surface area contributed by atoms with Crippen molar-refractivity contribution in [3.63, 3.8) is 0 Å². The molecule has 1 aliphatic carbocycles. The van der Waals surface area contributed by atoms with Crippen molar-refractivity contribution in [2.45, 2.75) is 26.1 Å². The quantitative estimate of drug-likeness (QED) is 0.582. The van der Waals surface area contributed by atoms with Crippen LogP contribution in [-0.2, 0) is 32.3 Å². The fourth-order valence-electron chi connectivity index (χ4n) is 3.01. The number of benzene rings is 2. The van der Waals surface area contributed by atoms with Gasteiger partial charge >= 0.3 is 11.9 Å². The molecule has 0 aliphatic heterocycles. The van der Waals surface area contributed by atoms with Crippen LogP contribution in [0.4, 0.5) is 0 Å². The first-order chi connectivity index (χ1) is 12.7. The Morgan fingerprint density at radius 2 is 1.08 bits per heavy atom. The summed E-state index contributed by atoms with van der Waals surface area (Å²) in [6.45, 7) is 0.428. The molecule has 0 saturated carbocycles. The fourth-order valence-corrected chi connectivity index (χ4v) is 3.01. The molecule has 0 N–H and O–H groups in total. The lowest BCUT2D eigenvalue weighted by molar-refractivity contribution is -0.162. The fraction of sp³-hybridized carbons (Fsp3) is 0.273. The van der Waals surface area contributed by atoms with Gasteiger partial charge in [-0.3, -0.25) is 9.59 Å². The summed E-state index contributed by atoms with van der Waals surface area (Å²) in [6.07, 6.45) is 4.85. The molecule has 134 valence electrons. The summed E-state index contributed by atoms with van der Waals surface area (Å²) in [5.41, 5.74) is 1.85.